The lowest BCUT2D eigenvalue weighted by molar-refractivity contribution is 0.0595. The third-order valence-electron chi connectivity index (χ3n) is 1.22. The van der Waals surface area contributed by atoms with Crippen LogP contribution in [0.1, 0.15) is 10.4 Å². The van der Waals surface area contributed by atoms with Crippen LogP contribution in [0.25, 0.3) is 0 Å². The van der Waals surface area contributed by atoms with Crippen molar-refractivity contribution in [3.8, 4) is 0 Å². The van der Waals surface area contributed by atoms with E-state index in [1.807, 2.05) is 0 Å². The van der Waals surface area contributed by atoms with Crippen molar-refractivity contribution in [2.45, 2.75) is 0 Å². The van der Waals surface area contributed by atoms with Gasteiger partial charge in [0.1, 0.15) is 5.82 Å². The number of carbonyl (C=O) groups excluding carboxylic acids is 1. The Morgan fingerprint density at radius 3 is 3.00 bits per heavy atom. The quantitative estimate of drug-likeness (QED) is 0.570. The lowest BCUT2D eigenvalue weighted by atomic mass is 10.2. The maximum Gasteiger partial charge on any atom is 0.340 e. The van der Waals surface area contributed by atoms with Crippen LogP contribution < -0.4 is 0 Å². The van der Waals surface area contributed by atoms with Crippen molar-refractivity contribution < 1.29 is 13.9 Å². The highest BCUT2D eigenvalue weighted by molar-refractivity contribution is 5.89. The molecule has 57 valence electrons. The average molecular weight is 153 g/mol. The van der Waals surface area contributed by atoms with E-state index in [-0.39, 0.29) is 5.56 Å². The zero-order valence-corrected chi connectivity index (χ0v) is 5.93. The standard InChI is InChI=1S/C8H6FO2/c1-11-8(10)6-4-2-3-5-7(6)9/h2,4-5H,1H3. The molecule has 0 aliphatic rings. The second kappa shape index (κ2) is 3.14. The first-order chi connectivity index (χ1) is 5.25. The van der Waals surface area contributed by atoms with Gasteiger partial charge in [-0.15, -0.1) is 0 Å². The highest BCUT2D eigenvalue weighted by atomic mass is 19.1. The Balaban J connectivity index is 3.03. The van der Waals surface area contributed by atoms with E-state index in [0.29, 0.717) is 0 Å². The molecule has 1 aromatic carbocycles. The van der Waals surface area contributed by atoms with Crippen LogP contribution in [0.3, 0.4) is 0 Å². The fourth-order valence-corrected chi connectivity index (χ4v) is 0.686. The van der Waals surface area contributed by atoms with Gasteiger partial charge in [0, 0.05) is 0 Å². The number of carbonyl (C=O) groups is 1. The Kier molecular flexibility index (Phi) is 2.21. The molecule has 3 heteroatoms. The zero-order valence-electron chi connectivity index (χ0n) is 5.93. The first-order valence-corrected chi connectivity index (χ1v) is 2.99. The van der Waals surface area contributed by atoms with Crippen molar-refractivity contribution in [3.63, 3.8) is 0 Å². The van der Waals surface area contributed by atoms with Crippen molar-refractivity contribution >= 4 is 5.97 Å². The van der Waals surface area contributed by atoms with Gasteiger partial charge in [-0.25, -0.2) is 9.18 Å². The Morgan fingerprint density at radius 1 is 1.73 bits per heavy atom. The first kappa shape index (κ1) is 7.72. The van der Waals surface area contributed by atoms with Crippen LogP contribution in [0.4, 0.5) is 4.39 Å². The highest BCUT2D eigenvalue weighted by Gasteiger charge is 2.09. The fraction of sp³-hybridized carbons (Fsp3) is 0.125. The second-order valence-electron chi connectivity index (χ2n) is 1.90. The van der Waals surface area contributed by atoms with E-state index in [1.54, 1.807) is 0 Å². The molecule has 0 amide bonds. The molecule has 0 atom stereocenters. The summed E-state index contributed by atoms with van der Waals surface area (Å²) >= 11 is 0. The van der Waals surface area contributed by atoms with Crippen LogP contribution in [-0.4, -0.2) is 13.1 Å². The molecule has 1 radical (unpaired) electrons. The molecule has 0 bridgehead atoms. The molecule has 0 aliphatic heterocycles. The summed E-state index contributed by atoms with van der Waals surface area (Å²) in [6.45, 7) is 0. The summed E-state index contributed by atoms with van der Waals surface area (Å²) in [5.41, 5.74) is -0.0637. The van der Waals surface area contributed by atoms with Crippen LogP contribution in [-0.2, 0) is 4.74 Å². The minimum atomic E-state index is -0.670. The van der Waals surface area contributed by atoms with Gasteiger partial charge in [-0.3, -0.25) is 0 Å². The summed E-state index contributed by atoms with van der Waals surface area (Å²) in [4.78, 5) is 10.8. The molecule has 11 heavy (non-hydrogen) atoms. The van der Waals surface area contributed by atoms with E-state index >= 15 is 0 Å². The van der Waals surface area contributed by atoms with Crippen molar-refractivity contribution in [2.75, 3.05) is 7.11 Å². The third-order valence-corrected chi connectivity index (χ3v) is 1.22. The maximum absolute atomic E-state index is 12.7. The molecule has 2 nitrogen and oxygen atoms in total. The molecular formula is C8H6FO2. The van der Waals surface area contributed by atoms with Crippen LogP contribution in [0.5, 0.6) is 0 Å². The molecule has 0 spiro atoms. The van der Waals surface area contributed by atoms with Gasteiger partial charge in [-0.1, -0.05) is 6.07 Å². The molecule has 0 N–H and O–H groups in total. The summed E-state index contributed by atoms with van der Waals surface area (Å²) in [6, 6.07) is 6.36. The second-order valence-corrected chi connectivity index (χ2v) is 1.90. The number of ether oxygens (including phenoxy) is 1. The summed E-state index contributed by atoms with van der Waals surface area (Å²) in [5, 5.41) is 0. The summed E-state index contributed by atoms with van der Waals surface area (Å²) in [6.07, 6.45) is 0. The monoisotopic (exact) mass is 153 g/mol. The molecule has 0 aliphatic carbocycles. The zero-order chi connectivity index (χ0) is 8.27. The van der Waals surface area contributed by atoms with Gasteiger partial charge in [-0.05, 0) is 18.2 Å². The molecule has 0 fully saturated rings. The molecule has 0 aromatic heterocycles. The largest absolute Gasteiger partial charge is 0.465 e. The van der Waals surface area contributed by atoms with Crippen molar-refractivity contribution in [1.29, 1.82) is 0 Å². The number of rotatable bonds is 1. The number of hydrogen-bond acceptors (Lipinski definition) is 2. The van der Waals surface area contributed by atoms with Gasteiger partial charge in [0.15, 0.2) is 0 Å². The minimum Gasteiger partial charge on any atom is -0.465 e. The molecule has 0 unspecified atom stereocenters. The Hall–Kier alpha value is -1.38. The topological polar surface area (TPSA) is 26.3 Å². The van der Waals surface area contributed by atoms with Gasteiger partial charge in [0.05, 0.1) is 12.7 Å². The Morgan fingerprint density at radius 2 is 2.45 bits per heavy atom. The van der Waals surface area contributed by atoms with Crippen LogP contribution in [0, 0.1) is 11.9 Å². The van der Waals surface area contributed by atoms with Crippen LogP contribution in [0.15, 0.2) is 18.2 Å². The smallest absolute Gasteiger partial charge is 0.340 e. The Bertz CT molecular complexity index is 271. The van der Waals surface area contributed by atoms with E-state index < -0.39 is 11.8 Å². The number of hydrogen-bond donors (Lipinski definition) is 0. The third kappa shape index (κ3) is 1.55. The summed E-state index contributed by atoms with van der Waals surface area (Å²) in [5.74, 6) is -1.28. The molecule has 1 aromatic rings. The van der Waals surface area contributed by atoms with Gasteiger partial charge in [-0.2, -0.15) is 0 Å². The van der Waals surface area contributed by atoms with E-state index in [9.17, 15) is 9.18 Å². The van der Waals surface area contributed by atoms with E-state index in [1.165, 1.54) is 19.2 Å². The van der Waals surface area contributed by atoms with Gasteiger partial charge in [0.2, 0.25) is 0 Å². The van der Waals surface area contributed by atoms with Crippen molar-refractivity contribution in [2.24, 2.45) is 0 Å². The number of esters is 1. The lowest BCUT2D eigenvalue weighted by Crippen LogP contribution is -2.03. The van der Waals surface area contributed by atoms with Gasteiger partial charge < -0.3 is 4.74 Å². The predicted molar refractivity (Wildman–Crippen MR) is 36.6 cm³/mol. The normalized spacial score (nSPS) is 9.27. The van der Waals surface area contributed by atoms with Crippen molar-refractivity contribution in [3.05, 3.63) is 35.6 Å². The predicted octanol–water partition coefficient (Wildman–Crippen LogP) is 1.41. The molecule has 0 heterocycles. The van der Waals surface area contributed by atoms with Crippen LogP contribution in [0.2, 0.25) is 0 Å². The molecular weight excluding hydrogens is 147 g/mol. The summed E-state index contributed by atoms with van der Waals surface area (Å²) in [7, 11) is 1.21. The van der Waals surface area contributed by atoms with Crippen LogP contribution >= 0.6 is 0 Å². The van der Waals surface area contributed by atoms with Gasteiger partial charge in [0.25, 0.3) is 0 Å². The van der Waals surface area contributed by atoms with Crippen molar-refractivity contribution in [1.82, 2.24) is 0 Å². The average Bonchev–Trinajstić information content (AvgIpc) is 2.04. The minimum absolute atomic E-state index is 0.0637. The molecule has 1 rings (SSSR count). The number of halogens is 1. The first-order valence-electron chi connectivity index (χ1n) is 2.99. The van der Waals surface area contributed by atoms with Gasteiger partial charge >= 0.3 is 5.97 Å². The summed E-state index contributed by atoms with van der Waals surface area (Å²) < 4.78 is 17.0. The molecule has 0 saturated carbocycles. The SMILES string of the molecule is COC(=O)c1cc[c]cc1F. The fourth-order valence-electron chi connectivity index (χ4n) is 0.686. The van der Waals surface area contributed by atoms with E-state index in [4.69, 9.17) is 0 Å². The number of methoxy groups -OCH3 is 1. The Labute approximate surface area is 63.6 Å². The maximum atomic E-state index is 12.7. The lowest BCUT2D eigenvalue weighted by Gasteiger charge is -1.98. The molecule has 0 saturated heterocycles. The van der Waals surface area contributed by atoms with E-state index in [0.717, 1.165) is 6.07 Å². The van der Waals surface area contributed by atoms with E-state index in [2.05, 4.69) is 10.8 Å². The number of benzene rings is 1. The highest BCUT2D eigenvalue weighted by Crippen LogP contribution is 2.06.